The molecular formula is C12H22Cl2N2O. The van der Waals surface area contributed by atoms with E-state index in [0.717, 1.165) is 19.6 Å². The van der Waals surface area contributed by atoms with Gasteiger partial charge in [0.1, 0.15) is 0 Å². The van der Waals surface area contributed by atoms with Crippen LogP contribution in [0.5, 0.6) is 0 Å². The van der Waals surface area contributed by atoms with Gasteiger partial charge in [-0.25, -0.2) is 0 Å². The second kappa shape index (κ2) is 12.1. The van der Waals surface area contributed by atoms with E-state index >= 15 is 0 Å². The summed E-state index contributed by atoms with van der Waals surface area (Å²) in [7, 11) is 0. The minimum atomic E-state index is -0.265. The van der Waals surface area contributed by atoms with Gasteiger partial charge in [-0.2, -0.15) is 0 Å². The summed E-state index contributed by atoms with van der Waals surface area (Å²) in [4.78, 5) is 0. The number of aliphatic hydroxyl groups is 1. The minimum Gasteiger partial charge on any atom is -0.392 e. The Morgan fingerprint density at radius 1 is 1.06 bits per heavy atom. The van der Waals surface area contributed by atoms with Crippen molar-refractivity contribution in [2.45, 2.75) is 19.6 Å². The molecule has 3 nitrogen and oxygen atoms in total. The fraction of sp³-hybridized carbons (Fsp3) is 0.500. The quantitative estimate of drug-likeness (QED) is 0.665. The number of hydrogen-bond acceptors (Lipinski definition) is 3. The lowest BCUT2D eigenvalue weighted by Gasteiger charge is -2.07. The fourth-order valence-corrected chi connectivity index (χ4v) is 1.32. The fourth-order valence-electron chi connectivity index (χ4n) is 1.32. The summed E-state index contributed by atoms with van der Waals surface area (Å²) in [6.07, 6.45) is -0.265. The summed E-state index contributed by atoms with van der Waals surface area (Å²) in [6.45, 7) is 5.15. The van der Waals surface area contributed by atoms with Crippen LogP contribution in [0.15, 0.2) is 30.3 Å². The van der Waals surface area contributed by atoms with Gasteiger partial charge in [-0.3, -0.25) is 0 Å². The third-order valence-electron chi connectivity index (χ3n) is 2.09. The molecule has 0 radical (unpaired) electrons. The summed E-state index contributed by atoms with van der Waals surface area (Å²) in [5.41, 5.74) is 1.30. The average Bonchev–Trinajstić information content (AvgIpc) is 2.24. The second-order valence-corrected chi connectivity index (χ2v) is 3.72. The van der Waals surface area contributed by atoms with Crippen molar-refractivity contribution in [1.82, 2.24) is 10.6 Å². The Balaban J connectivity index is 0. The van der Waals surface area contributed by atoms with Crippen molar-refractivity contribution in [3.63, 3.8) is 0 Å². The summed E-state index contributed by atoms with van der Waals surface area (Å²) in [5, 5.41) is 15.5. The van der Waals surface area contributed by atoms with Crippen molar-refractivity contribution in [2.75, 3.05) is 19.6 Å². The molecule has 0 heterocycles. The second-order valence-electron chi connectivity index (χ2n) is 3.72. The molecule has 0 aliphatic heterocycles. The van der Waals surface area contributed by atoms with E-state index in [1.54, 1.807) is 6.92 Å². The van der Waals surface area contributed by atoms with Gasteiger partial charge in [0, 0.05) is 26.2 Å². The molecule has 0 aromatic heterocycles. The maximum absolute atomic E-state index is 9.00. The SMILES string of the molecule is CC(O)CNCCNCc1ccccc1.Cl.Cl. The number of halogens is 2. The van der Waals surface area contributed by atoms with E-state index in [9.17, 15) is 0 Å². The predicted octanol–water partition coefficient (Wildman–Crippen LogP) is 1.59. The van der Waals surface area contributed by atoms with Crippen molar-refractivity contribution >= 4 is 24.8 Å². The maximum Gasteiger partial charge on any atom is 0.0636 e. The minimum absolute atomic E-state index is 0. The van der Waals surface area contributed by atoms with E-state index in [1.807, 2.05) is 18.2 Å². The van der Waals surface area contributed by atoms with Crippen molar-refractivity contribution in [3.8, 4) is 0 Å². The molecule has 1 aromatic carbocycles. The molecule has 17 heavy (non-hydrogen) atoms. The number of aliphatic hydroxyl groups excluding tert-OH is 1. The summed E-state index contributed by atoms with van der Waals surface area (Å²) in [6, 6.07) is 10.3. The normalized spacial score (nSPS) is 11.2. The van der Waals surface area contributed by atoms with Gasteiger partial charge in [-0.1, -0.05) is 30.3 Å². The Hall–Kier alpha value is -0.320. The topological polar surface area (TPSA) is 44.3 Å². The Kier molecular flexibility index (Phi) is 13.6. The van der Waals surface area contributed by atoms with Gasteiger partial charge in [0.05, 0.1) is 6.10 Å². The first-order valence-electron chi connectivity index (χ1n) is 5.42. The smallest absolute Gasteiger partial charge is 0.0636 e. The zero-order valence-corrected chi connectivity index (χ0v) is 11.7. The molecule has 0 fully saturated rings. The lowest BCUT2D eigenvalue weighted by Crippen LogP contribution is -2.31. The Labute approximate surface area is 116 Å². The number of rotatable bonds is 7. The van der Waals surface area contributed by atoms with Crippen LogP contribution in [0.4, 0.5) is 0 Å². The van der Waals surface area contributed by atoms with Crippen LogP contribution in [0.2, 0.25) is 0 Å². The van der Waals surface area contributed by atoms with Crippen molar-refractivity contribution < 1.29 is 5.11 Å². The van der Waals surface area contributed by atoms with Gasteiger partial charge in [0.25, 0.3) is 0 Å². The third kappa shape index (κ3) is 10.5. The molecule has 0 saturated carbocycles. The maximum atomic E-state index is 9.00. The van der Waals surface area contributed by atoms with Crippen LogP contribution < -0.4 is 10.6 Å². The standard InChI is InChI=1S/C12H20N2O.2ClH/c1-11(15)9-13-7-8-14-10-12-5-3-2-4-6-12;;/h2-6,11,13-15H,7-10H2,1H3;2*1H. The first-order valence-corrected chi connectivity index (χ1v) is 5.42. The number of nitrogens with one attached hydrogen (secondary N) is 2. The van der Waals surface area contributed by atoms with Gasteiger partial charge in [0.15, 0.2) is 0 Å². The first kappa shape index (κ1) is 19.0. The molecule has 1 unspecified atom stereocenters. The van der Waals surface area contributed by atoms with E-state index in [4.69, 9.17) is 5.11 Å². The highest BCUT2D eigenvalue weighted by Gasteiger charge is 1.93. The van der Waals surface area contributed by atoms with Gasteiger partial charge in [0.2, 0.25) is 0 Å². The molecule has 1 rings (SSSR count). The molecule has 0 spiro atoms. The highest BCUT2D eigenvalue weighted by molar-refractivity contribution is 5.85. The molecule has 3 N–H and O–H groups in total. The predicted molar refractivity (Wildman–Crippen MR) is 77.2 cm³/mol. The molecule has 0 amide bonds. The average molecular weight is 281 g/mol. The van der Waals surface area contributed by atoms with Gasteiger partial charge in [-0.15, -0.1) is 24.8 Å². The lowest BCUT2D eigenvalue weighted by atomic mass is 10.2. The molecule has 5 heteroatoms. The molecule has 1 atom stereocenters. The molecular weight excluding hydrogens is 259 g/mol. The first-order chi connectivity index (χ1) is 7.29. The largest absolute Gasteiger partial charge is 0.392 e. The number of hydrogen-bond donors (Lipinski definition) is 3. The summed E-state index contributed by atoms with van der Waals surface area (Å²) >= 11 is 0. The lowest BCUT2D eigenvalue weighted by molar-refractivity contribution is 0.191. The molecule has 0 bridgehead atoms. The Morgan fingerprint density at radius 3 is 2.24 bits per heavy atom. The van der Waals surface area contributed by atoms with Crippen molar-refractivity contribution in [2.24, 2.45) is 0 Å². The van der Waals surface area contributed by atoms with Crippen molar-refractivity contribution in [1.29, 1.82) is 0 Å². The van der Waals surface area contributed by atoms with Gasteiger partial charge < -0.3 is 15.7 Å². The van der Waals surface area contributed by atoms with Crippen LogP contribution in [-0.4, -0.2) is 30.8 Å². The molecule has 1 aromatic rings. The van der Waals surface area contributed by atoms with Gasteiger partial charge in [-0.05, 0) is 12.5 Å². The molecule has 0 aliphatic carbocycles. The van der Waals surface area contributed by atoms with Crippen LogP contribution in [0.1, 0.15) is 12.5 Å². The zero-order valence-electron chi connectivity index (χ0n) is 10.1. The highest BCUT2D eigenvalue weighted by atomic mass is 35.5. The number of benzene rings is 1. The van der Waals surface area contributed by atoms with Crippen LogP contribution in [-0.2, 0) is 6.54 Å². The third-order valence-corrected chi connectivity index (χ3v) is 2.09. The van der Waals surface area contributed by atoms with E-state index in [0.29, 0.717) is 6.54 Å². The van der Waals surface area contributed by atoms with Crippen LogP contribution >= 0.6 is 24.8 Å². The van der Waals surface area contributed by atoms with E-state index < -0.39 is 0 Å². The van der Waals surface area contributed by atoms with Gasteiger partial charge >= 0.3 is 0 Å². The summed E-state index contributed by atoms with van der Waals surface area (Å²) in [5.74, 6) is 0. The highest BCUT2D eigenvalue weighted by Crippen LogP contribution is 1.96. The Morgan fingerprint density at radius 2 is 1.65 bits per heavy atom. The Bertz CT molecular complexity index is 258. The molecule has 0 saturated heterocycles. The van der Waals surface area contributed by atoms with Crippen LogP contribution in [0, 0.1) is 0 Å². The van der Waals surface area contributed by atoms with Crippen molar-refractivity contribution in [3.05, 3.63) is 35.9 Å². The van der Waals surface area contributed by atoms with E-state index in [1.165, 1.54) is 5.56 Å². The van der Waals surface area contributed by atoms with Crippen LogP contribution in [0.25, 0.3) is 0 Å². The van der Waals surface area contributed by atoms with E-state index in [-0.39, 0.29) is 30.9 Å². The monoisotopic (exact) mass is 280 g/mol. The summed E-state index contributed by atoms with van der Waals surface area (Å²) < 4.78 is 0. The molecule has 100 valence electrons. The van der Waals surface area contributed by atoms with E-state index in [2.05, 4.69) is 22.8 Å². The van der Waals surface area contributed by atoms with Crippen LogP contribution in [0.3, 0.4) is 0 Å². The molecule has 0 aliphatic rings. The zero-order chi connectivity index (χ0) is 10.9.